The lowest BCUT2D eigenvalue weighted by atomic mass is 10.1. The van der Waals surface area contributed by atoms with Crippen LogP contribution < -0.4 is 19.1 Å². The summed E-state index contributed by atoms with van der Waals surface area (Å²) < 4.78 is 54.1. The number of pyridine rings is 2. The van der Waals surface area contributed by atoms with Crippen LogP contribution in [0.15, 0.2) is 54.6 Å². The molecule has 4 aromatic rings. The van der Waals surface area contributed by atoms with Gasteiger partial charge in [0.15, 0.2) is 11.5 Å². The summed E-state index contributed by atoms with van der Waals surface area (Å²) in [5, 5.41) is 1.55. The number of hydrogen-bond donors (Lipinski definition) is 0. The minimum atomic E-state index is -4.72. The second-order valence-electron chi connectivity index (χ2n) is 9.68. The molecular weight excluding hydrogens is 497 g/mol. The fourth-order valence-corrected chi connectivity index (χ4v) is 5.10. The summed E-state index contributed by atoms with van der Waals surface area (Å²) in [5.41, 5.74) is 2.48. The van der Waals surface area contributed by atoms with Crippen molar-refractivity contribution in [1.29, 1.82) is 0 Å². The molecule has 0 radical (unpaired) electrons. The van der Waals surface area contributed by atoms with Gasteiger partial charge in [-0.15, -0.1) is 13.2 Å². The number of nitrogens with zero attached hydrogens (tertiary/aromatic N) is 4. The summed E-state index contributed by atoms with van der Waals surface area (Å²) in [6, 6.07) is 15.7. The second kappa shape index (κ2) is 9.83. The number of alkyl halides is 3. The van der Waals surface area contributed by atoms with Gasteiger partial charge in [-0.3, -0.25) is 9.88 Å². The van der Waals surface area contributed by atoms with Gasteiger partial charge in [0.05, 0.1) is 11.0 Å². The van der Waals surface area contributed by atoms with Crippen LogP contribution in [0.5, 0.6) is 17.2 Å². The minimum Gasteiger partial charge on any atom is -0.486 e. The Morgan fingerprint density at radius 1 is 0.947 bits per heavy atom. The van der Waals surface area contributed by atoms with Crippen LogP contribution in [0, 0.1) is 6.92 Å². The monoisotopic (exact) mass is 524 g/mol. The third kappa shape index (κ3) is 5.26. The molecule has 198 valence electrons. The maximum atomic E-state index is 12.5. The lowest BCUT2D eigenvalue weighted by Gasteiger charge is -2.31. The molecule has 1 saturated heterocycles. The first kappa shape index (κ1) is 24.5. The maximum Gasteiger partial charge on any atom is 0.573 e. The number of ether oxygens (including phenoxy) is 3. The smallest absolute Gasteiger partial charge is 0.486 e. The molecule has 2 aliphatic rings. The van der Waals surface area contributed by atoms with Crippen LogP contribution in [0.1, 0.15) is 12.1 Å². The van der Waals surface area contributed by atoms with Crippen LogP contribution in [0.4, 0.5) is 19.0 Å². The van der Waals surface area contributed by atoms with E-state index in [9.17, 15) is 13.2 Å². The van der Waals surface area contributed by atoms with Gasteiger partial charge in [0, 0.05) is 49.2 Å². The topological polar surface area (TPSA) is 60.0 Å². The van der Waals surface area contributed by atoms with Gasteiger partial charge in [-0.25, -0.2) is 4.98 Å². The fraction of sp³-hybridized carbons (Fsp3) is 0.357. The Labute approximate surface area is 217 Å². The zero-order chi connectivity index (χ0) is 26.3. The Bertz CT molecular complexity index is 1480. The molecule has 2 aromatic carbocycles. The largest absolute Gasteiger partial charge is 0.573 e. The highest BCUT2D eigenvalue weighted by Gasteiger charge is 2.31. The third-order valence-corrected chi connectivity index (χ3v) is 6.89. The first-order valence-corrected chi connectivity index (χ1v) is 12.6. The van der Waals surface area contributed by atoms with E-state index < -0.39 is 6.36 Å². The predicted octanol–water partition coefficient (Wildman–Crippen LogP) is 5.34. The number of aryl methyl sites for hydroxylation is 1. The molecule has 2 aromatic heterocycles. The zero-order valence-electron chi connectivity index (χ0n) is 20.9. The molecule has 1 atom stereocenters. The highest BCUT2D eigenvalue weighted by atomic mass is 19.4. The van der Waals surface area contributed by atoms with Crippen molar-refractivity contribution in [3.63, 3.8) is 0 Å². The average Bonchev–Trinajstić information content (AvgIpc) is 3.12. The first-order valence-electron chi connectivity index (χ1n) is 12.6. The van der Waals surface area contributed by atoms with E-state index in [-0.39, 0.29) is 11.9 Å². The molecule has 2 aliphatic heterocycles. The van der Waals surface area contributed by atoms with Gasteiger partial charge in [-0.2, -0.15) is 0 Å². The van der Waals surface area contributed by atoms with Gasteiger partial charge in [-0.05, 0) is 67.9 Å². The van der Waals surface area contributed by atoms with Crippen molar-refractivity contribution in [2.45, 2.75) is 25.8 Å². The van der Waals surface area contributed by atoms with E-state index in [0.717, 1.165) is 73.1 Å². The van der Waals surface area contributed by atoms with Crippen molar-refractivity contribution < 1.29 is 27.4 Å². The van der Waals surface area contributed by atoms with Crippen LogP contribution in [-0.4, -0.2) is 66.7 Å². The van der Waals surface area contributed by atoms with Gasteiger partial charge in [0.1, 0.15) is 24.3 Å². The normalized spacial score (nSPS) is 18.5. The molecule has 38 heavy (non-hydrogen) atoms. The van der Waals surface area contributed by atoms with Gasteiger partial charge < -0.3 is 19.1 Å². The van der Waals surface area contributed by atoms with Crippen molar-refractivity contribution in [2.24, 2.45) is 0 Å². The Balaban J connectivity index is 1.11. The van der Waals surface area contributed by atoms with Crippen LogP contribution in [0.2, 0.25) is 0 Å². The molecule has 10 heteroatoms. The van der Waals surface area contributed by atoms with E-state index in [4.69, 9.17) is 14.5 Å². The van der Waals surface area contributed by atoms with E-state index >= 15 is 0 Å². The number of aromatic nitrogens is 2. The van der Waals surface area contributed by atoms with Crippen molar-refractivity contribution in [3.05, 3.63) is 60.3 Å². The number of hydrogen-bond acceptors (Lipinski definition) is 7. The van der Waals surface area contributed by atoms with Gasteiger partial charge in [-0.1, -0.05) is 0 Å². The van der Waals surface area contributed by atoms with Gasteiger partial charge in [0.25, 0.3) is 0 Å². The molecule has 0 saturated carbocycles. The van der Waals surface area contributed by atoms with Crippen molar-refractivity contribution >= 4 is 27.6 Å². The molecule has 7 nitrogen and oxygen atoms in total. The standard InChI is InChI=1S/C28H27F3N4O3/c1-18-3-6-22-24(32-18)8-9-25-27(22)37-21(17-36-25)16-34-11-2-12-35(14-13-34)26-10-4-19-15-20(38-28(29,30)31)5-7-23(19)33-26/h3-10,15,21H,2,11-14,16-17H2,1H3/t21-/m0/s1. The van der Waals surface area contributed by atoms with Gasteiger partial charge >= 0.3 is 6.36 Å². The van der Waals surface area contributed by atoms with Crippen molar-refractivity contribution in [2.75, 3.05) is 44.2 Å². The fourth-order valence-electron chi connectivity index (χ4n) is 5.10. The SMILES string of the molecule is Cc1ccc2c3c(ccc2n1)OC[C@H](CN1CCCN(c2ccc4cc(OC(F)(F)F)ccc4n2)CC1)O3. The molecule has 0 bridgehead atoms. The highest BCUT2D eigenvalue weighted by Crippen LogP contribution is 2.38. The molecule has 0 unspecified atom stereocenters. The summed E-state index contributed by atoms with van der Waals surface area (Å²) in [6.07, 6.45) is -3.86. The molecule has 0 N–H and O–H groups in total. The summed E-state index contributed by atoms with van der Waals surface area (Å²) in [5.74, 6) is 2.07. The quantitative estimate of drug-likeness (QED) is 0.357. The third-order valence-electron chi connectivity index (χ3n) is 6.89. The molecule has 0 spiro atoms. The number of halogens is 3. The van der Waals surface area contributed by atoms with E-state index in [1.807, 2.05) is 37.3 Å². The Morgan fingerprint density at radius 2 is 1.82 bits per heavy atom. The molecule has 6 rings (SSSR count). The molecule has 0 aliphatic carbocycles. The zero-order valence-corrected chi connectivity index (χ0v) is 20.9. The molecular formula is C28H27F3N4O3. The van der Waals surface area contributed by atoms with Crippen molar-refractivity contribution in [1.82, 2.24) is 14.9 Å². The Morgan fingerprint density at radius 3 is 2.68 bits per heavy atom. The summed E-state index contributed by atoms with van der Waals surface area (Å²) in [4.78, 5) is 13.9. The second-order valence-corrected chi connectivity index (χ2v) is 9.68. The van der Waals surface area contributed by atoms with Crippen molar-refractivity contribution in [3.8, 4) is 17.2 Å². The van der Waals surface area contributed by atoms with E-state index in [2.05, 4.69) is 19.5 Å². The van der Waals surface area contributed by atoms with E-state index in [0.29, 0.717) is 17.5 Å². The Kier molecular flexibility index (Phi) is 6.35. The van der Waals surface area contributed by atoms with Crippen LogP contribution >= 0.6 is 0 Å². The lowest BCUT2D eigenvalue weighted by Crippen LogP contribution is -2.42. The molecule has 0 amide bonds. The lowest BCUT2D eigenvalue weighted by molar-refractivity contribution is -0.274. The average molecular weight is 525 g/mol. The summed E-state index contributed by atoms with van der Waals surface area (Å²) in [7, 11) is 0. The van der Waals surface area contributed by atoms with Crippen LogP contribution in [0.25, 0.3) is 21.8 Å². The minimum absolute atomic E-state index is 0.0899. The summed E-state index contributed by atoms with van der Waals surface area (Å²) in [6.45, 7) is 6.58. The molecule has 1 fully saturated rings. The molecule has 4 heterocycles. The Hall–Kier alpha value is -3.79. The van der Waals surface area contributed by atoms with E-state index in [1.54, 1.807) is 12.1 Å². The number of fused-ring (bicyclic) bond motifs is 4. The predicted molar refractivity (Wildman–Crippen MR) is 138 cm³/mol. The number of benzene rings is 2. The van der Waals surface area contributed by atoms with E-state index in [1.165, 1.54) is 12.1 Å². The summed E-state index contributed by atoms with van der Waals surface area (Å²) >= 11 is 0. The maximum absolute atomic E-state index is 12.5. The highest BCUT2D eigenvalue weighted by molar-refractivity contribution is 5.88. The number of rotatable bonds is 4. The first-order chi connectivity index (χ1) is 18.3. The van der Waals surface area contributed by atoms with Gasteiger partial charge in [0.2, 0.25) is 0 Å². The van der Waals surface area contributed by atoms with Crippen LogP contribution in [-0.2, 0) is 0 Å². The number of anilines is 1. The van der Waals surface area contributed by atoms with Crippen LogP contribution in [0.3, 0.4) is 0 Å².